The quantitative estimate of drug-likeness (QED) is 0.559. The highest BCUT2D eigenvalue weighted by atomic mass is 32.2. The molecular formula is C4H12NO3S-. The van der Waals surface area contributed by atoms with Crippen LogP contribution >= 0.6 is 0 Å². The lowest BCUT2D eigenvalue weighted by Crippen LogP contribution is -1.97. The van der Waals surface area contributed by atoms with Crippen LogP contribution in [0.2, 0.25) is 0 Å². The largest absolute Gasteiger partial charge is 0.760 e. The summed E-state index contributed by atoms with van der Waals surface area (Å²) in [4.78, 5) is 0. The third-order valence-corrected chi connectivity index (χ3v) is 0.408. The van der Waals surface area contributed by atoms with E-state index in [1.54, 1.807) is 0 Å². The molecule has 0 aromatic carbocycles. The highest BCUT2D eigenvalue weighted by molar-refractivity contribution is 7.76. The molecule has 0 aromatic heterocycles. The van der Waals surface area contributed by atoms with Gasteiger partial charge in [0.15, 0.2) is 0 Å². The average molecular weight is 154 g/mol. The van der Waals surface area contributed by atoms with E-state index in [9.17, 15) is 0 Å². The van der Waals surface area contributed by atoms with Crippen molar-refractivity contribution < 1.29 is 13.5 Å². The lowest BCUT2D eigenvalue weighted by molar-refractivity contribution is 0.162. The summed E-state index contributed by atoms with van der Waals surface area (Å²) < 4.78 is 22.4. The number of hydrogen-bond acceptors (Lipinski definition) is 3. The fourth-order valence-electron chi connectivity index (χ4n) is 0.204. The van der Waals surface area contributed by atoms with Gasteiger partial charge in [-0.2, -0.15) is 0 Å². The summed E-state index contributed by atoms with van der Waals surface area (Å²) >= 11 is -2.36. The third-order valence-electron chi connectivity index (χ3n) is 0.408. The van der Waals surface area contributed by atoms with Crippen LogP contribution in [0.25, 0.3) is 0 Å². The molecule has 1 unspecified atom stereocenters. The van der Waals surface area contributed by atoms with E-state index in [-0.39, 0.29) is 0 Å². The summed E-state index contributed by atoms with van der Waals surface area (Å²) in [6, 6.07) is 0. The Morgan fingerprint density at radius 3 is 1.78 bits per heavy atom. The highest BCUT2D eigenvalue weighted by Gasteiger charge is 1.64. The third kappa shape index (κ3) is 70.9. The average Bonchev–Trinajstić information content (AvgIpc) is 1.66. The van der Waals surface area contributed by atoms with Gasteiger partial charge in [0.05, 0.1) is 0 Å². The van der Waals surface area contributed by atoms with E-state index in [2.05, 4.69) is 5.14 Å². The van der Waals surface area contributed by atoms with E-state index >= 15 is 0 Å². The standard InChI is InChI=1S/C4H10O.H3NO2S/c1-3-5-4-2;1-4(2)3/h3-4H2,1-2H3;1H2,(H,2,3)/p-1. The first-order valence-electron chi connectivity index (χ1n) is 2.56. The van der Waals surface area contributed by atoms with Crippen molar-refractivity contribution in [3.8, 4) is 0 Å². The van der Waals surface area contributed by atoms with E-state index in [1.807, 2.05) is 13.8 Å². The van der Waals surface area contributed by atoms with Crippen LogP contribution in [0.4, 0.5) is 0 Å². The Morgan fingerprint density at radius 1 is 1.56 bits per heavy atom. The predicted molar refractivity (Wildman–Crippen MR) is 35.3 cm³/mol. The molecule has 0 aliphatic carbocycles. The van der Waals surface area contributed by atoms with Crippen LogP contribution in [0.15, 0.2) is 0 Å². The smallest absolute Gasteiger partial charge is 0.0437 e. The van der Waals surface area contributed by atoms with Gasteiger partial charge in [-0.1, -0.05) is 0 Å². The molecule has 0 bridgehead atoms. The molecule has 0 heterocycles. The van der Waals surface area contributed by atoms with Gasteiger partial charge >= 0.3 is 0 Å². The fourth-order valence-corrected chi connectivity index (χ4v) is 0.204. The van der Waals surface area contributed by atoms with Crippen molar-refractivity contribution in [3.05, 3.63) is 0 Å². The molecule has 4 nitrogen and oxygen atoms in total. The van der Waals surface area contributed by atoms with Gasteiger partial charge in [-0.15, -0.1) is 0 Å². The SMILES string of the molecule is CCOCC.NS(=O)[O-]. The Kier molecular flexibility index (Phi) is 14.3. The first-order valence-corrected chi connectivity index (χ1v) is 3.70. The van der Waals surface area contributed by atoms with Crippen molar-refractivity contribution in [1.82, 2.24) is 0 Å². The zero-order chi connectivity index (χ0) is 7.70. The van der Waals surface area contributed by atoms with Crippen LogP contribution in [0.3, 0.4) is 0 Å². The van der Waals surface area contributed by atoms with Crippen molar-refractivity contribution in [2.24, 2.45) is 5.14 Å². The molecule has 0 saturated heterocycles. The van der Waals surface area contributed by atoms with Crippen molar-refractivity contribution >= 4 is 11.3 Å². The molecule has 9 heavy (non-hydrogen) atoms. The summed E-state index contributed by atoms with van der Waals surface area (Å²) in [5, 5.41) is 4.03. The number of rotatable bonds is 2. The van der Waals surface area contributed by atoms with Crippen LogP contribution in [-0.2, 0) is 16.0 Å². The Labute approximate surface area is 57.8 Å². The maximum absolute atomic E-state index is 8.78. The fraction of sp³-hybridized carbons (Fsp3) is 1.00. The Bertz CT molecular complexity index is 62.8. The second-order valence-corrected chi connectivity index (χ2v) is 1.56. The second-order valence-electron chi connectivity index (χ2n) is 1.04. The first kappa shape index (κ1) is 11.8. The molecule has 0 rings (SSSR count). The molecule has 0 amide bonds. The van der Waals surface area contributed by atoms with Gasteiger partial charge in [0.1, 0.15) is 0 Å². The summed E-state index contributed by atoms with van der Waals surface area (Å²) in [5.74, 6) is 0. The zero-order valence-corrected chi connectivity index (χ0v) is 6.44. The van der Waals surface area contributed by atoms with Crippen molar-refractivity contribution in [2.45, 2.75) is 13.8 Å². The van der Waals surface area contributed by atoms with Crippen LogP contribution < -0.4 is 5.14 Å². The van der Waals surface area contributed by atoms with Crippen LogP contribution in [0.5, 0.6) is 0 Å². The lowest BCUT2D eigenvalue weighted by Gasteiger charge is -1.86. The van der Waals surface area contributed by atoms with Gasteiger partial charge in [-0.05, 0) is 13.8 Å². The Morgan fingerprint density at radius 2 is 1.78 bits per heavy atom. The highest BCUT2D eigenvalue weighted by Crippen LogP contribution is 1.64. The van der Waals surface area contributed by atoms with E-state index in [0.717, 1.165) is 13.2 Å². The molecule has 0 aliphatic heterocycles. The topological polar surface area (TPSA) is 75.4 Å². The Hall–Kier alpha value is 0.0300. The normalized spacial score (nSPS) is 11.6. The Balaban J connectivity index is 0. The molecule has 5 heteroatoms. The summed E-state index contributed by atoms with van der Waals surface area (Å²) in [7, 11) is 0. The summed E-state index contributed by atoms with van der Waals surface area (Å²) in [6.45, 7) is 5.67. The van der Waals surface area contributed by atoms with Crippen LogP contribution in [-0.4, -0.2) is 22.0 Å². The van der Waals surface area contributed by atoms with Gasteiger partial charge in [-0.25, -0.2) is 0 Å². The van der Waals surface area contributed by atoms with Crippen molar-refractivity contribution in [2.75, 3.05) is 13.2 Å². The van der Waals surface area contributed by atoms with Gasteiger partial charge < -0.3 is 9.29 Å². The predicted octanol–water partition coefficient (Wildman–Crippen LogP) is -0.218. The monoisotopic (exact) mass is 154 g/mol. The number of hydrogen-bond donors (Lipinski definition) is 1. The van der Waals surface area contributed by atoms with E-state index < -0.39 is 11.3 Å². The minimum atomic E-state index is -2.36. The minimum absolute atomic E-state index is 0.844. The van der Waals surface area contributed by atoms with Crippen LogP contribution in [0, 0.1) is 0 Å². The molecule has 1 atom stereocenters. The minimum Gasteiger partial charge on any atom is -0.760 e. The molecule has 0 radical (unpaired) electrons. The zero-order valence-electron chi connectivity index (χ0n) is 5.62. The molecule has 0 aliphatic rings. The molecule has 0 aromatic rings. The van der Waals surface area contributed by atoms with E-state index in [4.69, 9.17) is 13.5 Å². The molecule has 0 spiro atoms. The molecule has 2 N–H and O–H groups in total. The first-order chi connectivity index (χ1) is 4.15. The molecule has 58 valence electrons. The maximum atomic E-state index is 8.78. The maximum Gasteiger partial charge on any atom is 0.0437 e. The van der Waals surface area contributed by atoms with Gasteiger partial charge in [-0.3, -0.25) is 9.35 Å². The van der Waals surface area contributed by atoms with Gasteiger partial charge in [0.25, 0.3) is 0 Å². The number of nitrogens with two attached hydrogens (primary N) is 1. The van der Waals surface area contributed by atoms with Gasteiger partial charge in [0.2, 0.25) is 0 Å². The van der Waals surface area contributed by atoms with E-state index in [1.165, 1.54) is 0 Å². The summed E-state index contributed by atoms with van der Waals surface area (Å²) in [6.07, 6.45) is 0. The second kappa shape index (κ2) is 10.9. The van der Waals surface area contributed by atoms with E-state index in [0.29, 0.717) is 0 Å². The van der Waals surface area contributed by atoms with Gasteiger partial charge in [0, 0.05) is 24.5 Å². The van der Waals surface area contributed by atoms with Crippen molar-refractivity contribution in [3.63, 3.8) is 0 Å². The van der Waals surface area contributed by atoms with Crippen molar-refractivity contribution in [1.29, 1.82) is 0 Å². The molecule has 0 saturated carbocycles. The number of ether oxygens (including phenoxy) is 1. The summed E-state index contributed by atoms with van der Waals surface area (Å²) in [5.41, 5.74) is 0. The molecule has 0 fully saturated rings. The lowest BCUT2D eigenvalue weighted by atomic mass is 10.8. The molecular weight excluding hydrogens is 142 g/mol. The van der Waals surface area contributed by atoms with Crippen LogP contribution in [0.1, 0.15) is 13.8 Å².